The molecule has 0 N–H and O–H groups in total. The van der Waals surface area contributed by atoms with E-state index >= 15 is 0 Å². The summed E-state index contributed by atoms with van der Waals surface area (Å²) in [7, 11) is 0. The second-order valence-electron chi connectivity index (χ2n) is 8.11. The van der Waals surface area contributed by atoms with Crippen LogP contribution in [0.25, 0.3) is 0 Å². The predicted octanol–water partition coefficient (Wildman–Crippen LogP) is 3.88. The van der Waals surface area contributed by atoms with Gasteiger partial charge in [0.05, 0.1) is 5.54 Å². The summed E-state index contributed by atoms with van der Waals surface area (Å²) in [5.41, 5.74) is 1.37. The van der Waals surface area contributed by atoms with Crippen molar-refractivity contribution in [3.63, 3.8) is 0 Å². The zero-order valence-electron chi connectivity index (χ0n) is 15.6. The minimum Gasteiger partial charge on any atom is -0.342 e. The summed E-state index contributed by atoms with van der Waals surface area (Å²) in [6.07, 6.45) is 4.82. The third kappa shape index (κ3) is 3.10. The van der Waals surface area contributed by atoms with Crippen molar-refractivity contribution in [1.29, 1.82) is 0 Å². The Kier molecular flexibility index (Phi) is 4.41. The van der Waals surface area contributed by atoms with Crippen molar-refractivity contribution in [2.45, 2.75) is 51.6 Å². The van der Waals surface area contributed by atoms with Gasteiger partial charge < -0.3 is 4.57 Å². The fraction of sp³-hybridized carbons (Fsp3) is 0.476. The highest BCUT2D eigenvalue weighted by molar-refractivity contribution is 5.34. The summed E-state index contributed by atoms with van der Waals surface area (Å²) >= 11 is 0. The predicted molar refractivity (Wildman–Crippen MR) is 97.3 cm³/mol. The Hall–Kier alpha value is -2.08. The van der Waals surface area contributed by atoms with Crippen LogP contribution in [0.3, 0.4) is 0 Å². The molecule has 3 heterocycles. The molecule has 2 aliphatic rings. The maximum atomic E-state index is 14.1. The van der Waals surface area contributed by atoms with Crippen molar-refractivity contribution in [1.82, 2.24) is 9.47 Å². The van der Waals surface area contributed by atoms with Gasteiger partial charge in [-0.15, -0.1) is 0 Å². The van der Waals surface area contributed by atoms with Crippen LogP contribution in [0.5, 0.6) is 0 Å². The van der Waals surface area contributed by atoms with Crippen LogP contribution in [0.2, 0.25) is 0 Å². The minimum atomic E-state index is -0.960. The Morgan fingerprint density at radius 3 is 2.56 bits per heavy atom. The zero-order valence-corrected chi connectivity index (χ0v) is 15.6. The van der Waals surface area contributed by atoms with Crippen molar-refractivity contribution in [2.75, 3.05) is 13.1 Å². The molecule has 2 aliphatic heterocycles. The van der Waals surface area contributed by atoms with Crippen LogP contribution in [-0.2, 0) is 18.5 Å². The van der Waals surface area contributed by atoms with E-state index in [9.17, 15) is 18.0 Å². The second-order valence-corrected chi connectivity index (χ2v) is 8.11. The van der Waals surface area contributed by atoms with Crippen LogP contribution in [0.4, 0.5) is 13.2 Å². The number of aromatic nitrogens is 1. The molecule has 2 bridgehead atoms. The lowest BCUT2D eigenvalue weighted by atomic mass is 9.90. The third-order valence-corrected chi connectivity index (χ3v) is 6.07. The molecule has 27 heavy (non-hydrogen) atoms. The Labute approximate surface area is 156 Å². The Balaban J connectivity index is 1.83. The smallest absolute Gasteiger partial charge is 0.188 e. The number of hydrogen-bond donors (Lipinski definition) is 0. The number of fused-ring (bicyclic) bond motifs is 4. The molecule has 0 spiro atoms. The SMILES string of the molecule is Cc1c2n(cc(Cc3c(F)cc(F)cc3F)c1=O)C1(C)CCCCN(C2)C1. The molecule has 2 unspecified atom stereocenters. The fourth-order valence-corrected chi connectivity index (χ4v) is 4.60. The second kappa shape index (κ2) is 6.51. The first kappa shape index (κ1) is 18.3. The number of halogens is 3. The van der Waals surface area contributed by atoms with E-state index < -0.39 is 17.5 Å². The van der Waals surface area contributed by atoms with Crippen LogP contribution in [0.1, 0.15) is 48.6 Å². The Morgan fingerprint density at radius 2 is 1.85 bits per heavy atom. The van der Waals surface area contributed by atoms with E-state index in [1.165, 1.54) is 0 Å². The lowest BCUT2D eigenvalue weighted by Gasteiger charge is -2.43. The molecular formula is C21H23F3N2O. The van der Waals surface area contributed by atoms with Crippen LogP contribution >= 0.6 is 0 Å². The molecule has 0 aliphatic carbocycles. The average Bonchev–Trinajstić information content (AvgIpc) is 2.75. The molecule has 2 aromatic rings. The van der Waals surface area contributed by atoms with E-state index in [-0.39, 0.29) is 23.0 Å². The van der Waals surface area contributed by atoms with E-state index in [2.05, 4.69) is 16.4 Å². The molecule has 0 saturated carbocycles. The van der Waals surface area contributed by atoms with Crippen LogP contribution < -0.4 is 5.43 Å². The van der Waals surface area contributed by atoms with Gasteiger partial charge in [0.2, 0.25) is 0 Å². The summed E-state index contributed by atoms with van der Waals surface area (Å²) in [6, 6.07) is 1.32. The normalized spacial score (nSPS) is 24.4. The summed E-state index contributed by atoms with van der Waals surface area (Å²) < 4.78 is 43.6. The largest absolute Gasteiger partial charge is 0.342 e. The van der Waals surface area contributed by atoms with Crippen molar-refractivity contribution in [3.05, 3.63) is 68.4 Å². The number of rotatable bonds is 2. The maximum absolute atomic E-state index is 14.1. The summed E-state index contributed by atoms with van der Waals surface area (Å²) in [6.45, 7) is 6.62. The van der Waals surface area contributed by atoms with Crippen LogP contribution in [-0.4, -0.2) is 22.6 Å². The molecule has 1 aromatic carbocycles. The quantitative estimate of drug-likeness (QED) is 0.795. The van der Waals surface area contributed by atoms with Gasteiger partial charge in [-0.25, -0.2) is 13.2 Å². The molecule has 2 atom stereocenters. The van der Waals surface area contributed by atoms with Gasteiger partial charge in [0.1, 0.15) is 17.5 Å². The van der Waals surface area contributed by atoms with Crippen LogP contribution in [0.15, 0.2) is 23.1 Å². The number of hydrogen-bond acceptors (Lipinski definition) is 2. The maximum Gasteiger partial charge on any atom is 0.188 e. The lowest BCUT2D eigenvalue weighted by molar-refractivity contribution is 0.131. The monoisotopic (exact) mass is 376 g/mol. The minimum absolute atomic E-state index is 0.142. The number of pyridine rings is 1. The highest BCUT2D eigenvalue weighted by Gasteiger charge is 2.37. The molecule has 1 fully saturated rings. The molecule has 0 radical (unpaired) electrons. The Bertz CT molecular complexity index is 946. The first-order chi connectivity index (χ1) is 12.8. The zero-order chi connectivity index (χ0) is 19.3. The third-order valence-electron chi connectivity index (χ3n) is 6.07. The van der Waals surface area contributed by atoms with Crippen molar-refractivity contribution in [3.8, 4) is 0 Å². The van der Waals surface area contributed by atoms with Gasteiger partial charge in [-0.05, 0) is 39.7 Å². The fourth-order valence-electron chi connectivity index (χ4n) is 4.60. The van der Waals surface area contributed by atoms with Gasteiger partial charge >= 0.3 is 0 Å². The first-order valence-corrected chi connectivity index (χ1v) is 9.39. The molecule has 1 aromatic heterocycles. The van der Waals surface area contributed by atoms with Crippen molar-refractivity contribution in [2.24, 2.45) is 0 Å². The van der Waals surface area contributed by atoms with Gasteiger partial charge in [-0.3, -0.25) is 9.69 Å². The first-order valence-electron chi connectivity index (χ1n) is 9.39. The molecule has 3 nitrogen and oxygen atoms in total. The lowest BCUT2D eigenvalue weighted by Crippen LogP contribution is -2.49. The molecular weight excluding hydrogens is 353 g/mol. The molecule has 144 valence electrons. The standard InChI is InChI=1S/C21H23F3N2O/c1-13-19-11-25-6-4-3-5-21(2,12-25)26(19)10-14(20(13)27)7-16-17(23)8-15(22)9-18(16)24/h8-10H,3-7,11-12H2,1-2H3. The van der Waals surface area contributed by atoms with Crippen LogP contribution in [0, 0.1) is 24.4 Å². The van der Waals surface area contributed by atoms with E-state index in [1.54, 1.807) is 13.1 Å². The summed E-state index contributed by atoms with van der Waals surface area (Å²) in [4.78, 5) is 15.3. The molecule has 0 amide bonds. The van der Waals surface area contributed by atoms with E-state index in [0.29, 0.717) is 23.3 Å². The summed E-state index contributed by atoms with van der Waals surface area (Å²) in [5.74, 6) is -2.88. The van der Waals surface area contributed by atoms with Crippen molar-refractivity contribution >= 4 is 0 Å². The molecule has 1 saturated heterocycles. The molecule has 6 heteroatoms. The highest BCUT2D eigenvalue weighted by atomic mass is 19.1. The van der Waals surface area contributed by atoms with E-state index in [0.717, 1.165) is 44.6 Å². The van der Waals surface area contributed by atoms with Gasteiger partial charge in [-0.2, -0.15) is 0 Å². The number of benzene rings is 1. The van der Waals surface area contributed by atoms with Gasteiger partial charge in [0.25, 0.3) is 0 Å². The Morgan fingerprint density at radius 1 is 1.15 bits per heavy atom. The highest BCUT2D eigenvalue weighted by Crippen LogP contribution is 2.35. The van der Waals surface area contributed by atoms with E-state index in [4.69, 9.17) is 0 Å². The van der Waals surface area contributed by atoms with Gasteiger partial charge in [-0.1, -0.05) is 0 Å². The van der Waals surface area contributed by atoms with Gasteiger partial charge in [0, 0.05) is 60.2 Å². The van der Waals surface area contributed by atoms with Crippen molar-refractivity contribution < 1.29 is 13.2 Å². The summed E-state index contributed by atoms with van der Waals surface area (Å²) in [5, 5.41) is 0. The van der Waals surface area contributed by atoms with E-state index in [1.807, 2.05) is 0 Å². The molecule has 4 rings (SSSR count). The van der Waals surface area contributed by atoms with Gasteiger partial charge in [0.15, 0.2) is 5.43 Å². The number of nitrogens with zero attached hydrogens (tertiary/aromatic N) is 2. The average molecular weight is 376 g/mol. The topological polar surface area (TPSA) is 25.2 Å².